The quantitative estimate of drug-likeness (QED) is 0.383. The molecule has 2 aliphatic rings. The molecule has 0 radical (unpaired) electrons. The lowest BCUT2D eigenvalue weighted by Gasteiger charge is -2.14. The molecule has 1 amide bonds. The summed E-state index contributed by atoms with van der Waals surface area (Å²) in [5.41, 5.74) is 5.78. The van der Waals surface area contributed by atoms with E-state index < -0.39 is 0 Å². The van der Waals surface area contributed by atoms with Crippen LogP contribution in [-0.2, 0) is 11.8 Å². The molecule has 37 heavy (non-hydrogen) atoms. The van der Waals surface area contributed by atoms with Crippen LogP contribution in [0.5, 0.6) is 0 Å². The highest BCUT2D eigenvalue weighted by Crippen LogP contribution is 2.44. The number of nitrogens with one attached hydrogen (secondary N) is 1. The number of thiazole rings is 1. The predicted octanol–water partition coefficient (Wildman–Crippen LogP) is 3.95. The topological polar surface area (TPSA) is 69.9 Å². The highest BCUT2D eigenvalue weighted by molar-refractivity contribution is 9.10. The smallest absolute Gasteiger partial charge is 0.283 e. The molecule has 0 spiro atoms. The van der Waals surface area contributed by atoms with Gasteiger partial charge in [-0.25, -0.2) is 10.0 Å². The minimum absolute atomic E-state index is 0.151. The molecule has 1 aromatic heterocycles. The van der Waals surface area contributed by atoms with E-state index in [0.29, 0.717) is 32.0 Å². The lowest BCUT2D eigenvalue weighted by Crippen LogP contribution is -2.35. The van der Waals surface area contributed by atoms with Gasteiger partial charge in [0.25, 0.3) is 11.5 Å². The Morgan fingerprint density at radius 3 is 2.43 bits per heavy atom. The molecule has 1 N–H and O–H groups in total. The molecule has 0 atom stereocenters. The normalized spacial score (nSPS) is 19.0. The summed E-state index contributed by atoms with van der Waals surface area (Å²) in [6, 6.07) is 24.9. The van der Waals surface area contributed by atoms with E-state index in [1.807, 2.05) is 90.8 Å². The summed E-state index contributed by atoms with van der Waals surface area (Å²) in [5, 5.41) is 2.32. The molecule has 0 saturated carbocycles. The Morgan fingerprint density at radius 2 is 1.68 bits per heavy atom. The van der Waals surface area contributed by atoms with Crippen LogP contribution in [0.15, 0.2) is 98.0 Å². The maximum atomic E-state index is 13.8. The first-order valence-corrected chi connectivity index (χ1v) is 13.8. The zero-order valence-electron chi connectivity index (χ0n) is 19.8. The van der Waals surface area contributed by atoms with E-state index in [2.05, 4.69) is 21.4 Å². The van der Waals surface area contributed by atoms with Crippen LogP contribution in [-0.4, -0.2) is 23.4 Å². The molecule has 1 saturated heterocycles. The number of carbonyl (C=O) groups excluding carboxylic acids is 1. The second kappa shape index (κ2) is 9.37. The molecular formula is C27H20BrN5O2S2. The number of aliphatic imine (C=N–C) groups is 1. The number of nitrogens with zero attached hydrogens (tertiary/aromatic N) is 4. The Balaban J connectivity index is 1.59. The molecule has 2 aliphatic heterocycles. The monoisotopic (exact) mass is 589 g/mol. The Kier molecular flexibility index (Phi) is 6.02. The third-order valence-corrected chi connectivity index (χ3v) is 9.19. The van der Waals surface area contributed by atoms with Gasteiger partial charge >= 0.3 is 0 Å². The van der Waals surface area contributed by atoms with Gasteiger partial charge in [0, 0.05) is 23.5 Å². The number of amides is 1. The number of hydrogen-bond donors (Lipinski definition) is 1. The number of halogens is 1. The average Bonchev–Trinajstić information content (AvgIpc) is 3.51. The molecule has 0 bridgehead atoms. The standard InChI is InChI=1S/C27H20BrN5O2S2/c1-31-19-13-6-7-14-20(19)36-27(31)22-25(35)32(2)26(37-22)21-23(29-17-10-8-9-16(28)15-17)30-33(24(21)34)18-11-4-3-5-12-18/h3-15H,1-2H3,(H,29,30). The van der Waals surface area contributed by atoms with Gasteiger partial charge in [0.05, 0.1) is 17.1 Å². The third-order valence-electron chi connectivity index (χ3n) is 6.08. The van der Waals surface area contributed by atoms with Crippen molar-refractivity contribution in [3.05, 3.63) is 103 Å². The fourth-order valence-corrected chi connectivity index (χ4v) is 7.11. The van der Waals surface area contributed by atoms with Gasteiger partial charge in [0.15, 0.2) is 5.84 Å². The number of fused-ring (bicyclic) bond motifs is 1. The van der Waals surface area contributed by atoms with Gasteiger partial charge in [-0.3, -0.25) is 15.0 Å². The number of amidine groups is 1. The van der Waals surface area contributed by atoms with Crippen LogP contribution in [0.3, 0.4) is 0 Å². The van der Waals surface area contributed by atoms with Crippen LogP contribution in [0, 0.1) is 0 Å². The van der Waals surface area contributed by atoms with Gasteiger partial charge in [0.2, 0.25) is 0 Å². The van der Waals surface area contributed by atoms with E-state index >= 15 is 0 Å². The first-order chi connectivity index (χ1) is 17.9. The van der Waals surface area contributed by atoms with Crippen molar-refractivity contribution in [2.24, 2.45) is 12.0 Å². The van der Waals surface area contributed by atoms with Crippen molar-refractivity contribution in [1.82, 2.24) is 9.99 Å². The third kappa shape index (κ3) is 4.11. The number of rotatable bonds is 2. The minimum atomic E-state index is -0.274. The van der Waals surface area contributed by atoms with Crippen molar-refractivity contribution in [3.8, 4) is 0 Å². The maximum Gasteiger partial charge on any atom is 0.283 e. The van der Waals surface area contributed by atoms with Crippen molar-refractivity contribution in [1.29, 1.82) is 0 Å². The lowest BCUT2D eigenvalue weighted by molar-refractivity contribution is -0.113. The molecule has 0 unspecified atom stereocenters. The molecule has 4 aromatic rings. The van der Waals surface area contributed by atoms with Gasteiger partial charge < -0.3 is 9.47 Å². The molecule has 3 aromatic carbocycles. The first-order valence-electron chi connectivity index (χ1n) is 11.4. The van der Waals surface area contributed by atoms with E-state index in [1.54, 1.807) is 23.4 Å². The van der Waals surface area contributed by atoms with Gasteiger partial charge in [-0.2, -0.15) is 0 Å². The molecule has 3 heterocycles. The second-order valence-corrected chi connectivity index (χ2v) is 11.4. The number of anilines is 2. The van der Waals surface area contributed by atoms with Crippen molar-refractivity contribution in [2.45, 2.75) is 4.90 Å². The number of thioether (sulfide) groups is 1. The average molecular weight is 591 g/mol. The number of hydrogen-bond acceptors (Lipinski definition) is 6. The molecule has 184 valence electrons. The largest absolute Gasteiger partial charge is 0.337 e. The molecule has 0 aliphatic carbocycles. The van der Waals surface area contributed by atoms with Gasteiger partial charge in [0.1, 0.15) is 19.8 Å². The van der Waals surface area contributed by atoms with Crippen LogP contribution in [0.2, 0.25) is 0 Å². The summed E-state index contributed by atoms with van der Waals surface area (Å²) in [7, 11) is 3.66. The second-order valence-electron chi connectivity index (χ2n) is 8.44. The Morgan fingerprint density at radius 1 is 0.919 bits per heavy atom. The van der Waals surface area contributed by atoms with Crippen LogP contribution >= 0.6 is 39.0 Å². The van der Waals surface area contributed by atoms with E-state index in [0.717, 1.165) is 20.1 Å². The van der Waals surface area contributed by atoms with Crippen molar-refractivity contribution >= 4 is 78.4 Å². The predicted molar refractivity (Wildman–Crippen MR) is 155 cm³/mol. The molecule has 10 heteroatoms. The zero-order chi connectivity index (χ0) is 25.7. The lowest BCUT2D eigenvalue weighted by atomic mass is 10.2. The number of aromatic nitrogens is 1. The molecule has 1 fully saturated rings. The maximum absolute atomic E-state index is 13.8. The summed E-state index contributed by atoms with van der Waals surface area (Å²) in [5.74, 6) is 0.111. The van der Waals surface area contributed by atoms with Crippen molar-refractivity contribution in [3.63, 3.8) is 0 Å². The van der Waals surface area contributed by atoms with Gasteiger partial charge in [-0.15, -0.1) is 11.3 Å². The fourth-order valence-electron chi connectivity index (χ4n) is 4.24. The van der Waals surface area contributed by atoms with E-state index in [1.165, 1.54) is 16.3 Å². The van der Waals surface area contributed by atoms with E-state index in [-0.39, 0.29) is 11.5 Å². The SMILES string of the molecule is CN1C(=c2sc(=C3C(=O)N(c4ccccc4)NC3=Nc3cccc(Br)c3)n(C)c2=O)Sc2ccccc21. The van der Waals surface area contributed by atoms with Gasteiger partial charge in [-0.1, -0.05) is 64.1 Å². The van der Waals surface area contributed by atoms with Crippen LogP contribution < -0.4 is 30.1 Å². The summed E-state index contributed by atoms with van der Waals surface area (Å²) >= 11 is 6.36. The number of benzene rings is 3. The van der Waals surface area contributed by atoms with Crippen LogP contribution in [0.25, 0.3) is 10.6 Å². The van der Waals surface area contributed by atoms with E-state index in [4.69, 9.17) is 4.99 Å². The molecular weight excluding hydrogens is 570 g/mol. The summed E-state index contributed by atoms with van der Waals surface area (Å²) < 4.78 is 3.55. The van der Waals surface area contributed by atoms with E-state index in [9.17, 15) is 9.59 Å². The fraction of sp³-hybridized carbons (Fsp3) is 0.0741. The summed E-state index contributed by atoms with van der Waals surface area (Å²) in [4.78, 5) is 35.2. The first kappa shape index (κ1) is 23.8. The Hall–Kier alpha value is -3.60. The van der Waals surface area contributed by atoms with Crippen LogP contribution in [0.1, 0.15) is 0 Å². The van der Waals surface area contributed by atoms with Crippen molar-refractivity contribution < 1.29 is 4.79 Å². The highest BCUT2D eigenvalue weighted by Gasteiger charge is 2.35. The minimum Gasteiger partial charge on any atom is -0.337 e. The number of hydrazine groups is 1. The number of carbonyl (C=O) groups is 1. The number of para-hydroxylation sites is 2. The van der Waals surface area contributed by atoms with Gasteiger partial charge in [-0.05, 0) is 42.5 Å². The zero-order valence-corrected chi connectivity index (χ0v) is 23.0. The molecule has 7 nitrogen and oxygen atoms in total. The van der Waals surface area contributed by atoms with Crippen molar-refractivity contribution in [2.75, 3.05) is 17.0 Å². The Bertz CT molecular complexity index is 1780. The van der Waals surface area contributed by atoms with Crippen LogP contribution in [0.4, 0.5) is 17.1 Å². The highest BCUT2D eigenvalue weighted by atomic mass is 79.9. The Labute approximate surface area is 229 Å². The summed E-state index contributed by atoms with van der Waals surface area (Å²) in [6.07, 6.45) is 0. The summed E-state index contributed by atoms with van der Waals surface area (Å²) in [6.45, 7) is 0. The molecule has 6 rings (SSSR count).